The van der Waals surface area contributed by atoms with Crippen LogP contribution >= 0.6 is 0 Å². The highest BCUT2D eigenvalue weighted by atomic mass is 16.7. The lowest BCUT2D eigenvalue weighted by Crippen LogP contribution is -2.58. The number of fused-ring (bicyclic) bond motifs is 4. The minimum Gasteiger partial charge on any atom is -0.378 e. The van der Waals surface area contributed by atoms with Crippen molar-refractivity contribution in [2.75, 3.05) is 26.8 Å². The van der Waals surface area contributed by atoms with Gasteiger partial charge in [0.2, 0.25) is 0 Å². The van der Waals surface area contributed by atoms with E-state index in [0.29, 0.717) is 51.6 Å². The summed E-state index contributed by atoms with van der Waals surface area (Å²) in [6, 6.07) is 0. The second-order valence-electron chi connectivity index (χ2n) is 17.1. The largest absolute Gasteiger partial charge is 0.378 e. The summed E-state index contributed by atoms with van der Waals surface area (Å²) >= 11 is 0. The molecule has 0 radical (unpaired) electrons. The Bertz CT molecular complexity index is 978. The fourth-order valence-electron chi connectivity index (χ4n) is 13.5. The number of rotatable bonds is 5. The van der Waals surface area contributed by atoms with Gasteiger partial charge < -0.3 is 24.3 Å². The van der Waals surface area contributed by atoms with E-state index in [0.717, 1.165) is 38.0 Å². The normalized spacial score (nSPS) is 55.4. The predicted octanol–water partition coefficient (Wildman–Crippen LogP) is 6.83. The van der Waals surface area contributed by atoms with Crippen LogP contribution in [0.15, 0.2) is 0 Å². The lowest BCUT2D eigenvalue weighted by atomic mass is 9.41. The Balaban J connectivity index is 1.14. The SMILES string of the molecule is COC(C(C)C)C1C[C@@H](C)C2C(C[C@@]3(C)C4CCC5C(C)(C)C(OC6CNCCO6)CCC56CC46CCC23C)O1. The van der Waals surface area contributed by atoms with Gasteiger partial charge >= 0.3 is 0 Å². The molecule has 11 unspecified atom stereocenters. The minimum atomic E-state index is -0.0769. The van der Waals surface area contributed by atoms with E-state index < -0.39 is 0 Å². The molecule has 5 saturated carbocycles. The molecule has 0 aromatic rings. The number of hydrogen-bond acceptors (Lipinski definition) is 5. The summed E-state index contributed by atoms with van der Waals surface area (Å²) in [5.41, 5.74) is 2.05. The van der Waals surface area contributed by atoms with Crippen molar-refractivity contribution in [1.82, 2.24) is 5.32 Å². The van der Waals surface area contributed by atoms with Crippen molar-refractivity contribution >= 4 is 0 Å². The second kappa shape index (κ2) is 9.40. The third kappa shape index (κ3) is 3.63. The van der Waals surface area contributed by atoms with Gasteiger partial charge in [-0.2, -0.15) is 0 Å². The lowest BCUT2D eigenvalue weighted by molar-refractivity contribution is -0.235. The molecule has 1 N–H and O–H groups in total. The van der Waals surface area contributed by atoms with Gasteiger partial charge in [-0.05, 0) is 114 Å². The molecule has 0 aromatic carbocycles. The maximum absolute atomic E-state index is 7.11. The molecule has 0 bridgehead atoms. The lowest BCUT2D eigenvalue weighted by Gasteiger charge is -2.63. The monoisotopic (exact) mass is 557 g/mol. The maximum atomic E-state index is 7.11. The first-order chi connectivity index (χ1) is 18.9. The number of ether oxygens (including phenoxy) is 4. The molecule has 7 aliphatic rings. The van der Waals surface area contributed by atoms with Crippen molar-refractivity contribution in [1.29, 1.82) is 0 Å². The molecular formula is C35H59NO4. The molecule has 228 valence electrons. The Kier molecular flexibility index (Phi) is 6.71. The molecule has 0 amide bonds. The Morgan fingerprint density at radius 1 is 0.925 bits per heavy atom. The molecular weight excluding hydrogens is 498 g/mol. The van der Waals surface area contributed by atoms with Crippen LogP contribution in [0.4, 0.5) is 0 Å². The van der Waals surface area contributed by atoms with Gasteiger partial charge in [-0.15, -0.1) is 0 Å². The van der Waals surface area contributed by atoms with E-state index in [1.807, 2.05) is 7.11 Å². The van der Waals surface area contributed by atoms with E-state index in [1.54, 1.807) is 0 Å². The fraction of sp³-hybridized carbons (Fsp3) is 1.00. The van der Waals surface area contributed by atoms with Gasteiger partial charge in [-0.3, -0.25) is 0 Å². The van der Waals surface area contributed by atoms with Crippen LogP contribution in [0.5, 0.6) is 0 Å². The zero-order chi connectivity index (χ0) is 28.3. The highest BCUT2D eigenvalue weighted by molar-refractivity contribution is 5.31. The third-order valence-electron chi connectivity index (χ3n) is 15.2. The van der Waals surface area contributed by atoms with Crippen LogP contribution < -0.4 is 5.32 Å². The van der Waals surface area contributed by atoms with E-state index in [1.165, 1.54) is 51.4 Å². The van der Waals surface area contributed by atoms with E-state index in [4.69, 9.17) is 18.9 Å². The van der Waals surface area contributed by atoms with Gasteiger partial charge in [-0.1, -0.05) is 48.5 Å². The zero-order valence-electron chi connectivity index (χ0n) is 26.9. The first-order valence-corrected chi connectivity index (χ1v) is 17.1. The maximum Gasteiger partial charge on any atom is 0.170 e. The van der Waals surface area contributed by atoms with Crippen molar-refractivity contribution in [2.24, 2.45) is 56.7 Å². The molecule has 7 fully saturated rings. The van der Waals surface area contributed by atoms with Crippen molar-refractivity contribution in [2.45, 2.75) is 137 Å². The summed E-state index contributed by atoms with van der Waals surface area (Å²) in [4.78, 5) is 0. The summed E-state index contributed by atoms with van der Waals surface area (Å²) in [6.45, 7) is 20.2. The highest BCUT2D eigenvalue weighted by Gasteiger charge is 2.83. The average Bonchev–Trinajstić information content (AvgIpc) is 3.50. The minimum absolute atomic E-state index is 0.0769. The van der Waals surface area contributed by atoms with Crippen LogP contribution in [0.2, 0.25) is 0 Å². The zero-order valence-corrected chi connectivity index (χ0v) is 26.9. The Morgan fingerprint density at radius 3 is 2.38 bits per heavy atom. The Labute approximate surface area is 244 Å². The molecule has 2 heterocycles. The van der Waals surface area contributed by atoms with Crippen LogP contribution in [0.25, 0.3) is 0 Å². The third-order valence-corrected chi connectivity index (χ3v) is 15.2. The van der Waals surface area contributed by atoms with Gasteiger partial charge in [0.15, 0.2) is 6.29 Å². The van der Waals surface area contributed by atoms with Crippen molar-refractivity contribution in [3.8, 4) is 0 Å². The number of hydrogen-bond donors (Lipinski definition) is 1. The van der Waals surface area contributed by atoms with Gasteiger partial charge in [0, 0.05) is 20.2 Å². The predicted molar refractivity (Wildman–Crippen MR) is 158 cm³/mol. The molecule has 2 spiro atoms. The van der Waals surface area contributed by atoms with Crippen LogP contribution in [-0.2, 0) is 18.9 Å². The first-order valence-electron chi connectivity index (χ1n) is 17.1. The molecule has 13 atom stereocenters. The standard InChI is InChI=1S/C35H59NO4/c1-21(2)30(37-8)23-17-22(3)29-24(39-23)18-33(7)26-10-9-25-31(4,5)27(40-28-19-36-15-16-38-28)11-12-34(25)20-35(26,34)14-13-32(29,33)6/h21-30,36H,9-20H2,1-8H3/t22-,23?,24?,25?,26?,27?,28?,29?,30?,32?,33+,34?,35?/m1/s1. The van der Waals surface area contributed by atoms with Gasteiger partial charge in [0.1, 0.15) is 0 Å². The van der Waals surface area contributed by atoms with Gasteiger partial charge in [0.25, 0.3) is 0 Å². The molecule has 5 nitrogen and oxygen atoms in total. The van der Waals surface area contributed by atoms with Crippen LogP contribution in [-0.4, -0.2) is 57.5 Å². The summed E-state index contributed by atoms with van der Waals surface area (Å²) in [6.07, 6.45) is 13.2. The van der Waals surface area contributed by atoms with E-state index in [2.05, 4.69) is 53.8 Å². The van der Waals surface area contributed by atoms with E-state index in [9.17, 15) is 0 Å². The van der Waals surface area contributed by atoms with Gasteiger partial charge in [-0.25, -0.2) is 0 Å². The molecule has 2 aliphatic heterocycles. The molecule has 40 heavy (non-hydrogen) atoms. The topological polar surface area (TPSA) is 49.0 Å². The van der Waals surface area contributed by atoms with E-state index >= 15 is 0 Å². The van der Waals surface area contributed by atoms with Crippen molar-refractivity contribution in [3.63, 3.8) is 0 Å². The summed E-state index contributed by atoms with van der Waals surface area (Å²) in [5, 5.41) is 3.46. The molecule has 0 aromatic heterocycles. The van der Waals surface area contributed by atoms with Crippen LogP contribution in [0.1, 0.15) is 106 Å². The summed E-state index contributed by atoms with van der Waals surface area (Å²) in [7, 11) is 1.89. The Hall–Kier alpha value is -0.200. The van der Waals surface area contributed by atoms with Crippen molar-refractivity contribution < 1.29 is 18.9 Å². The number of nitrogens with one attached hydrogen (secondary N) is 1. The van der Waals surface area contributed by atoms with Gasteiger partial charge in [0.05, 0.1) is 31.0 Å². The summed E-state index contributed by atoms with van der Waals surface area (Å²) in [5.74, 6) is 3.50. The quantitative estimate of drug-likeness (QED) is 0.401. The first kappa shape index (κ1) is 28.6. The molecule has 5 aliphatic carbocycles. The molecule has 2 saturated heterocycles. The highest BCUT2D eigenvalue weighted by Crippen LogP contribution is 2.89. The molecule has 5 heteroatoms. The fourth-order valence-corrected chi connectivity index (χ4v) is 13.5. The smallest absolute Gasteiger partial charge is 0.170 e. The number of morpholine rings is 1. The second-order valence-corrected chi connectivity index (χ2v) is 17.1. The Morgan fingerprint density at radius 2 is 1.68 bits per heavy atom. The average molecular weight is 558 g/mol. The van der Waals surface area contributed by atoms with Crippen LogP contribution in [0.3, 0.4) is 0 Å². The summed E-state index contributed by atoms with van der Waals surface area (Å²) < 4.78 is 25.8. The number of methoxy groups -OCH3 is 1. The van der Waals surface area contributed by atoms with Crippen LogP contribution in [0, 0.1) is 56.7 Å². The van der Waals surface area contributed by atoms with Crippen molar-refractivity contribution in [3.05, 3.63) is 0 Å². The van der Waals surface area contributed by atoms with E-state index in [-0.39, 0.29) is 23.9 Å². The molecule has 7 rings (SSSR count).